The predicted molar refractivity (Wildman–Crippen MR) is 75.0 cm³/mol. The molecule has 0 radical (unpaired) electrons. The van der Waals surface area contributed by atoms with E-state index in [4.69, 9.17) is 14.6 Å². The molecule has 0 aromatic carbocycles. The number of nitrogens with one attached hydrogen (secondary N) is 1. The van der Waals surface area contributed by atoms with E-state index in [0.29, 0.717) is 17.9 Å². The molecule has 118 valence electrons. The van der Waals surface area contributed by atoms with Crippen molar-refractivity contribution in [2.24, 2.45) is 11.8 Å². The number of carboxylic acid groups (broad SMARTS) is 1. The molecule has 2 heterocycles. The van der Waals surface area contributed by atoms with Crippen LogP contribution in [0.1, 0.15) is 32.1 Å². The van der Waals surface area contributed by atoms with Crippen molar-refractivity contribution in [2.75, 3.05) is 26.3 Å². The molecule has 1 spiro atoms. The summed E-state index contributed by atoms with van der Waals surface area (Å²) in [6, 6.07) is 0.663. The van der Waals surface area contributed by atoms with E-state index in [1.807, 2.05) is 0 Å². The lowest BCUT2D eigenvalue weighted by Gasteiger charge is -2.44. The normalized spacial score (nSPS) is 41.7. The Morgan fingerprint density at radius 1 is 1.14 bits per heavy atom. The highest BCUT2D eigenvalue weighted by molar-refractivity contribution is 5.64. The molecular formula is C15H24N2O4. The summed E-state index contributed by atoms with van der Waals surface area (Å²) in [5.74, 6) is 0.778. The zero-order chi connectivity index (χ0) is 14.4. The summed E-state index contributed by atoms with van der Waals surface area (Å²) in [6.07, 6.45) is 4.72. The van der Waals surface area contributed by atoms with Crippen LogP contribution in [-0.2, 0) is 9.47 Å². The van der Waals surface area contributed by atoms with Crippen LogP contribution in [0.5, 0.6) is 0 Å². The van der Waals surface area contributed by atoms with Gasteiger partial charge in [-0.15, -0.1) is 0 Å². The summed E-state index contributed by atoms with van der Waals surface area (Å²) in [5, 5.41) is 11.5. The molecule has 21 heavy (non-hydrogen) atoms. The van der Waals surface area contributed by atoms with Crippen LogP contribution >= 0.6 is 0 Å². The van der Waals surface area contributed by atoms with E-state index in [0.717, 1.165) is 45.6 Å². The fourth-order valence-corrected chi connectivity index (χ4v) is 5.08. The van der Waals surface area contributed by atoms with Gasteiger partial charge in [0.25, 0.3) is 0 Å². The average molecular weight is 296 g/mol. The van der Waals surface area contributed by atoms with Crippen molar-refractivity contribution in [3.63, 3.8) is 0 Å². The van der Waals surface area contributed by atoms with E-state index >= 15 is 0 Å². The minimum atomic E-state index is -0.905. The maximum absolute atomic E-state index is 10.8. The molecule has 3 atom stereocenters. The van der Waals surface area contributed by atoms with Gasteiger partial charge in [-0.1, -0.05) is 0 Å². The molecule has 6 nitrogen and oxygen atoms in total. The Bertz CT molecular complexity index is 408. The number of ether oxygens (including phenoxy) is 2. The van der Waals surface area contributed by atoms with Gasteiger partial charge in [0.05, 0.1) is 13.2 Å². The molecule has 4 fully saturated rings. The van der Waals surface area contributed by atoms with Gasteiger partial charge in [0.2, 0.25) is 0 Å². The lowest BCUT2D eigenvalue weighted by atomic mass is 9.79. The average Bonchev–Trinajstić information content (AvgIpc) is 3.12. The molecule has 2 N–H and O–H groups in total. The molecule has 2 unspecified atom stereocenters. The summed E-state index contributed by atoms with van der Waals surface area (Å²) < 4.78 is 12.0. The first kappa shape index (κ1) is 13.8. The van der Waals surface area contributed by atoms with Gasteiger partial charge in [-0.25, -0.2) is 4.79 Å². The molecule has 1 amide bonds. The van der Waals surface area contributed by atoms with E-state index in [9.17, 15) is 4.79 Å². The van der Waals surface area contributed by atoms with E-state index < -0.39 is 6.09 Å². The van der Waals surface area contributed by atoms with Gasteiger partial charge in [-0.05, 0) is 32.1 Å². The third kappa shape index (κ3) is 2.24. The molecule has 6 heteroatoms. The van der Waals surface area contributed by atoms with Gasteiger partial charge in [0.15, 0.2) is 5.79 Å². The largest absolute Gasteiger partial charge is 0.465 e. The minimum absolute atomic E-state index is 0.0926. The van der Waals surface area contributed by atoms with Crippen LogP contribution < -0.4 is 5.32 Å². The van der Waals surface area contributed by atoms with E-state index in [-0.39, 0.29) is 11.8 Å². The van der Waals surface area contributed by atoms with Gasteiger partial charge in [-0.2, -0.15) is 0 Å². The predicted octanol–water partition coefficient (Wildman–Crippen LogP) is 1.26. The number of hydrogen-bond acceptors (Lipinski definition) is 4. The number of likely N-dealkylation sites (tertiary alicyclic amines) is 1. The van der Waals surface area contributed by atoms with Crippen molar-refractivity contribution in [2.45, 2.75) is 50.0 Å². The number of hydrogen-bond donors (Lipinski definition) is 2. The molecule has 2 aliphatic carbocycles. The maximum atomic E-state index is 10.8. The Kier molecular flexibility index (Phi) is 3.35. The number of amides is 1. The van der Waals surface area contributed by atoms with Gasteiger partial charge in [0, 0.05) is 37.0 Å². The highest BCUT2D eigenvalue weighted by Gasteiger charge is 2.59. The molecule has 0 aromatic rings. The standard InChI is InChI=1S/C15H24N2O4/c18-14(19)16-12-3-4-17(9-12)13-7-10-1-2-11(8-13)15(10)20-5-6-21-15/h10-13,16H,1-9H2,(H,18,19)/t10?,11?,12-,13?/m1/s1. The van der Waals surface area contributed by atoms with E-state index in [1.54, 1.807) is 0 Å². The summed E-state index contributed by atoms with van der Waals surface area (Å²) in [4.78, 5) is 13.2. The fraction of sp³-hybridized carbons (Fsp3) is 0.933. The van der Waals surface area contributed by atoms with Crippen LogP contribution in [-0.4, -0.2) is 60.3 Å². The van der Waals surface area contributed by atoms with Crippen molar-refractivity contribution >= 4 is 6.09 Å². The van der Waals surface area contributed by atoms with Gasteiger partial charge >= 0.3 is 6.09 Å². The second kappa shape index (κ2) is 5.11. The molecule has 0 aromatic heterocycles. The lowest BCUT2D eigenvalue weighted by Crippen LogP contribution is -2.51. The maximum Gasteiger partial charge on any atom is 0.404 e. The highest BCUT2D eigenvalue weighted by Crippen LogP contribution is 2.54. The molecule has 2 saturated heterocycles. The zero-order valence-corrected chi connectivity index (χ0v) is 12.3. The third-order valence-corrected chi connectivity index (χ3v) is 5.92. The van der Waals surface area contributed by atoms with Crippen molar-refractivity contribution in [3.8, 4) is 0 Å². The monoisotopic (exact) mass is 296 g/mol. The van der Waals surface area contributed by atoms with Gasteiger partial charge < -0.3 is 19.9 Å². The molecule has 4 rings (SSSR count). The highest BCUT2D eigenvalue weighted by atomic mass is 16.7. The van der Waals surface area contributed by atoms with Crippen molar-refractivity contribution < 1.29 is 19.4 Å². The Balaban J connectivity index is 1.40. The number of nitrogens with zero attached hydrogens (tertiary/aromatic N) is 1. The van der Waals surface area contributed by atoms with Crippen molar-refractivity contribution in [1.82, 2.24) is 10.2 Å². The minimum Gasteiger partial charge on any atom is -0.465 e. The molecule has 2 saturated carbocycles. The summed E-state index contributed by atoms with van der Waals surface area (Å²) in [6.45, 7) is 3.34. The molecular weight excluding hydrogens is 272 g/mol. The van der Waals surface area contributed by atoms with Crippen molar-refractivity contribution in [3.05, 3.63) is 0 Å². The van der Waals surface area contributed by atoms with Gasteiger partial charge in [0.1, 0.15) is 0 Å². The van der Waals surface area contributed by atoms with Gasteiger partial charge in [-0.3, -0.25) is 4.90 Å². The Morgan fingerprint density at radius 2 is 1.81 bits per heavy atom. The summed E-state index contributed by atoms with van der Waals surface area (Å²) >= 11 is 0. The van der Waals surface area contributed by atoms with Crippen LogP contribution in [0.15, 0.2) is 0 Å². The molecule has 4 aliphatic rings. The molecule has 2 aliphatic heterocycles. The quantitative estimate of drug-likeness (QED) is 0.803. The zero-order valence-electron chi connectivity index (χ0n) is 12.3. The number of rotatable bonds is 2. The second-order valence-corrected chi connectivity index (χ2v) is 6.94. The van der Waals surface area contributed by atoms with Crippen LogP contribution in [0.2, 0.25) is 0 Å². The SMILES string of the molecule is O=C(O)N[C@@H]1CCN(C2CC3CCC(C2)C32OCCO2)C1. The van der Waals surface area contributed by atoms with Crippen LogP contribution in [0, 0.1) is 11.8 Å². The topological polar surface area (TPSA) is 71.0 Å². The van der Waals surface area contributed by atoms with E-state index in [1.165, 1.54) is 12.8 Å². The Hall–Kier alpha value is -0.850. The third-order valence-electron chi connectivity index (χ3n) is 5.92. The first-order valence-corrected chi connectivity index (χ1v) is 8.19. The van der Waals surface area contributed by atoms with Crippen molar-refractivity contribution in [1.29, 1.82) is 0 Å². The smallest absolute Gasteiger partial charge is 0.404 e. The summed E-state index contributed by atoms with van der Waals surface area (Å²) in [7, 11) is 0. The number of carbonyl (C=O) groups is 1. The Labute approximate surface area is 124 Å². The van der Waals surface area contributed by atoms with E-state index in [2.05, 4.69) is 10.2 Å². The molecule has 2 bridgehead atoms. The Morgan fingerprint density at radius 3 is 2.43 bits per heavy atom. The van der Waals surface area contributed by atoms with Crippen LogP contribution in [0.3, 0.4) is 0 Å². The summed E-state index contributed by atoms with van der Waals surface area (Å²) in [5.41, 5.74) is 0. The first-order valence-electron chi connectivity index (χ1n) is 8.19. The first-order chi connectivity index (χ1) is 10.2. The van der Waals surface area contributed by atoms with Crippen LogP contribution in [0.4, 0.5) is 4.79 Å². The lowest BCUT2D eigenvalue weighted by molar-refractivity contribution is -0.229. The second-order valence-electron chi connectivity index (χ2n) is 6.94. The fourth-order valence-electron chi connectivity index (χ4n) is 5.08. The van der Waals surface area contributed by atoms with Crippen LogP contribution in [0.25, 0.3) is 0 Å².